The average Bonchev–Trinajstić information content (AvgIpc) is 3.64. The Balaban J connectivity index is 0.000000225. The third-order valence-electron chi connectivity index (χ3n) is 5.91. The van der Waals surface area contributed by atoms with E-state index in [1.807, 2.05) is 11.3 Å². The molecule has 0 aliphatic carbocycles. The Bertz CT molecular complexity index is 1550. The van der Waals surface area contributed by atoms with E-state index in [-0.39, 0.29) is 30.2 Å². The van der Waals surface area contributed by atoms with Gasteiger partial charge in [0.1, 0.15) is 0 Å². The minimum atomic E-state index is 0. The van der Waals surface area contributed by atoms with Gasteiger partial charge in [-0.1, -0.05) is 56.2 Å². The van der Waals surface area contributed by atoms with E-state index in [9.17, 15) is 0 Å². The van der Waals surface area contributed by atoms with Crippen LogP contribution in [0, 0.1) is 6.92 Å². The van der Waals surface area contributed by atoms with Crippen LogP contribution in [-0.4, -0.2) is 5.43 Å². The van der Waals surface area contributed by atoms with Crippen LogP contribution in [0.15, 0.2) is 95.7 Å². The van der Waals surface area contributed by atoms with Gasteiger partial charge in [0, 0.05) is 9.75 Å². The topological polar surface area (TPSA) is 0 Å². The molecule has 0 aliphatic heterocycles. The quantitative estimate of drug-likeness (QED) is 0.188. The predicted molar refractivity (Wildman–Crippen MR) is 162 cm³/mol. The zero-order valence-electron chi connectivity index (χ0n) is 22.4. The van der Waals surface area contributed by atoms with Gasteiger partial charge in [-0.05, 0) is 28.8 Å². The van der Waals surface area contributed by atoms with Gasteiger partial charge in [-0.3, -0.25) is 0 Å². The molecule has 0 amide bonds. The maximum absolute atomic E-state index is 2.34. The number of aryl methyl sites for hydroxylation is 1. The second kappa shape index (κ2) is 15.5. The molecular weight excluding hydrogens is 639 g/mol. The van der Waals surface area contributed by atoms with Crippen molar-refractivity contribution in [3.63, 3.8) is 0 Å². The van der Waals surface area contributed by atoms with E-state index in [2.05, 4.69) is 130 Å². The number of rotatable bonds is 3. The number of hydrogen-bond acceptors (Lipinski definition) is 2. The van der Waals surface area contributed by atoms with E-state index in [0.717, 1.165) is 0 Å². The number of fused-ring (bicyclic) bond motifs is 2. The summed E-state index contributed by atoms with van der Waals surface area (Å²) in [6, 6.07) is 30.9. The molecule has 0 saturated carbocycles. The van der Waals surface area contributed by atoms with Crippen molar-refractivity contribution in [3.05, 3.63) is 107 Å². The molecular formula is C32H32Cl2S2SiZr-2. The second-order valence-electron chi connectivity index (χ2n) is 9.55. The maximum atomic E-state index is 2.34. The number of benzene rings is 2. The Hall–Kier alpha value is -1.26. The summed E-state index contributed by atoms with van der Waals surface area (Å²) in [5.41, 5.74) is 5.71. The van der Waals surface area contributed by atoms with E-state index in [0.29, 0.717) is 5.92 Å². The molecule has 0 bridgehead atoms. The molecule has 6 aromatic rings. The first kappa shape index (κ1) is 32.9. The smallest absolute Gasteiger partial charge is 0.0248 e. The molecule has 0 fully saturated rings. The van der Waals surface area contributed by atoms with Crippen LogP contribution in [-0.2, 0) is 23.3 Å². The van der Waals surface area contributed by atoms with Crippen molar-refractivity contribution in [2.45, 2.75) is 39.8 Å². The number of halogens is 2. The Labute approximate surface area is 263 Å². The molecule has 0 radical (unpaired) electrons. The van der Waals surface area contributed by atoms with Gasteiger partial charge in [0.15, 0.2) is 0 Å². The Morgan fingerprint density at radius 2 is 1.18 bits per heavy atom. The molecule has 196 valence electrons. The van der Waals surface area contributed by atoms with Crippen LogP contribution in [0.25, 0.3) is 42.4 Å². The van der Waals surface area contributed by atoms with Crippen LogP contribution < -0.4 is 24.8 Å². The van der Waals surface area contributed by atoms with Crippen molar-refractivity contribution in [1.29, 1.82) is 0 Å². The molecule has 0 unspecified atom stereocenters. The summed E-state index contributed by atoms with van der Waals surface area (Å²) >= 11 is 5.35. The maximum Gasteiger partial charge on any atom is 0.0248 e. The van der Waals surface area contributed by atoms with E-state index >= 15 is 0 Å². The summed E-state index contributed by atoms with van der Waals surface area (Å²) in [7, 11) is 0. The summed E-state index contributed by atoms with van der Waals surface area (Å²) in [6.45, 7) is 11.3. The molecule has 4 aromatic carbocycles. The molecule has 6 rings (SSSR count). The van der Waals surface area contributed by atoms with E-state index in [4.69, 9.17) is 0 Å². The van der Waals surface area contributed by atoms with Gasteiger partial charge >= 0.3 is 41.9 Å². The summed E-state index contributed by atoms with van der Waals surface area (Å²) in [5.74, 6) is 0.596. The SMILES string of the molecule is CC(C)c1cc2c(-c3cccs3)cccc2[cH-]1.C[Si](C)=[Zr+2].Cc1cc2c(-c3cccs3)cccc2[cH-]1.[Cl-].[Cl-]. The summed E-state index contributed by atoms with van der Waals surface area (Å²) in [4.78, 5) is 2.71. The standard InChI is InChI=1S/C16H15S.C14H11S.C2H6Si.2ClH.Zr/c1-11(2)13-9-12-5-3-6-14(15(12)10-13)16-7-4-8-17-16;1-10-8-11-4-2-5-12(13(11)9-10)14-6-3-7-15-14;1-3-2;;;/h3-11H,1-2H3;2-9H,1H3;1-2H3;2*1H;/q2*-1;;;;+2/p-2. The molecule has 0 N–H and O–H groups in total. The van der Waals surface area contributed by atoms with Gasteiger partial charge in [0.25, 0.3) is 0 Å². The molecule has 0 aliphatic rings. The third kappa shape index (κ3) is 8.37. The zero-order chi connectivity index (χ0) is 25.7. The van der Waals surface area contributed by atoms with Crippen molar-refractivity contribution in [3.8, 4) is 20.9 Å². The first-order valence-corrected chi connectivity index (χ1v) is 20.2. The van der Waals surface area contributed by atoms with Gasteiger partial charge in [0.2, 0.25) is 0 Å². The van der Waals surface area contributed by atoms with Crippen LogP contribution in [0.5, 0.6) is 0 Å². The molecule has 2 aromatic heterocycles. The van der Waals surface area contributed by atoms with Crippen molar-refractivity contribution in [2.24, 2.45) is 0 Å². The fraction of sp³-hybridized carbons (Fsp3) is 0.188. The minimum Gasteiger partial charge on any atom is -1.00 e. The third-order valence-corrected chi connectivity index (χ3v) is 7.71. The van der Waals surface area contributed by atoms with Crippen LogP contribution in [0.3, 0.4) is 0 Å². The Morgan fingerprint density at radius 3 is 1.63 bits per heavy atom. The van der Waals surface area contributed by atoms with Crippen molar-refractivity contribution < 1.29 is 48.1 Å². The monoisotopic (exact) mass is 668 g/mol. The summed E-state index contributed by atoms with van der Waals surface area (Å²) < 4.78 is 0. The van der Waals surface area contributed by atoms with Crippen LogP contribution in [0.4, 0.5) is 0 Å². The predicted octanol–water partition coefficient (Wildman–Crippen LogP) is 4.80. The van der Waals surface area contributed by atoms with Crippen LogP contribution in [0.1, 0.15) is 30.9 Å². The Morgan fingerprint density at radius 1 is 0.711 bits per heavy atom. The van der Waals surface area contributed by atoms with E-state index in [1.54, 1.807) is 34.7 Å². The normalized spacial score (nSPS) is 10.2. The molecule has 0 spiro atoms. The minimum absolute atomic E-state index is 0. The average molecular weight is 671 g/mol. The van der Waals surface area contributed by atoms with Gasteiger partial charge in [-0.15, -0.1) is 91.7 Å². The Kier molecular flexibility index (Phi) is 13.4. The fourth-order valence-corrected chi connectivity index (χ4v) is 5.80. The molecule has 0 atom stereocenters. The van der Waals surface area contributed by atoms with E-state index < -0.39 is 0 Å². The zero-order valence-corrected chi connectivity index (χ0v) is 29.0. The van der Waals surface area contributed by atoms with E-state index in [1.165, 1.54) is 53.6 Å². The van der Waals surface area contributed by atoms with Gasteiger partial charge in [0.05, 0.1) is 0 Å². The molecule has 6 heteroatoms. The molecule has 0 nitrogen and oxygen atoms in total. The first-order valence-electron chi connectivity index (χ1n) is 12.3. The molecule has 38 heavy (non-hydrogen) atoms. The summed E-state index contributed by atoms with van der Waals surface area (Å²) in [6.07, 6.45) is 0. The van der Waals surface area contributed by atoms with Gasteiger partial charge in [-0.25, -0.2) is 0 Å². The van der Waals surface area contributed by atoms with Crippen molar-refractivity contribution >= 4 is 49.7 Å². The number of thiophene rings is 2. The van der Waals surface area contributed by atoms with Crippen molar-refractivity contribution in [2.75, 3.05) is 0 Å². The van der Waals surface area contributed by atoms with Crippen LogP contribution >= 0.6 is 22.7 Å². The molecule has 0 saturated heterocycles. The second-order valence-corrected chi connectivity index (χ2v) is 20.8. The van der Waals surface area contributed by atoms with Crippen LogP contribution in [0.2, 0.25) is 13.1 Å². The fourth-order valence-electron chi connectivity index (χ4n) is 4.27. The largest absolute Gasteiger partial charge is 1.00 e. The summed E-state index contributed by atoms with van der Waals surface area (Å²) in [5, 5.41) is 9.74. The van der Waals surface area contributed by atoms with Gasteiger partial charge < -0.3 is 24.8 Å². The molecule has 2 heterocycles. The number of hydrogen-bond donors (Lipinski definition) is 0. The van der Waals surface area contributed by atoms with Gasteiger partial charge in [-0.2, -0.15) is 12.1 Å². The first-order chi connectivity index (χ1) is 17.3. The van der Waals surface area contributed by atoms with Crippen molar-refractivity contribution in [1.82, 2.24) is 0 Å².